The summed E-state index contributed by atoms with van der Waals surface area (Å²) in [6.45, 7) is 8.28. The summed E-state index contributed by atoms with van der Waals surface area (Å²) in [5.74, 6) is 2.53. The molecule has 18 heavy (non-hydrogen) atoms. The van der Waals surface area contributed by atoms with Crippen molar-refractivity contribution >= 4 is 11.6 Å². The zero-order chi connectivity index (χ0) is 13.2. The van der Waals surface area contributed by atoms with Gasteiger partial charge in [-0.25, -0.2) is 9.97 Å². The molecule has 100 valence electrons. The van der Waals surface area contributed by atoms with Crippen molar-refractivity contribution in [2.45, 2.75) is 39.2 Å². The normalized spacial score (nSPS) is 23.4. The Labute approximate surface area is 108 Å². The number of hydrogen-bond donors (Lipinski definition) is 2. The molecule has 1 aromatic rings. The second-order valence-electron chi connectivity index (χ2n) is 5.25. The fraction of sp³-hybridized carbons (Fsp3) is 0.692. The van der Waals surface area contributed by atoms with Gasteiger partial charge < -0.3 is 15.3 Å². The molecule has 5 heteroatoms. The molecular formula is C13H22N4O. The van der Waals surface area contributed by atoms with Gasteiger partial charge in [-0.2, -0.15) is 0 Å². The van der Waals surface area contributed by atoms with Crippen molar-refractivity contribution in [2.75, 3.05) is 29.9 Å². The van der Waals surface area contributed by atoms with Crippen molar-refractivity contribution in [3.05, 3.63) is 11.9 Å². The van der Waals surface area contributed by atoms with Crippen LogP contribution in [0.15, 0.2) is 6.07 Å². The summed E-state index contributed by atoms with van der Waals surface area (Å²) >= 11 is 0. The number of aryl methyl sites for hydroxylation is 1. The van der Waals surface area contributed by atoms with Crippen LogP contribution < -0.4 is 10.2 Å². The first kappa shape index (κ1) is 13.1. The molecule has 2 heterocycles. The van der Waals surface area contributed by atoms with Crippen LogP contribution in [0.3, 0.4) is 0 Å². The quantitative estimate of drug-likeness (QED) is 0.849. The molecule has 0 spiro atoms. The summed E-state index contributed by atoms with van der Waals surface area (Å²) in [6, 6.07) is 1.96. The van der Waals surface area contributed by atoms with E-state index in [4.69, 9.17) is 0 Å². The lowest BCUT2D eigenvalue weighted by Crippen LogP contribution is -2.30. The Hall–Kier alpha value is -1.36. The Balaban J connectivity index is 2.15. The lowest BCUT2D eigenvalue weighted by Gasteiger charge is -2.20. The smallest absolute Gasteiger partial charge is 0.134 e. The Kier molecular flexibility index (Phi) is 3.71. The Morgan fingerprint density at radius 2 is 2.28 bits per heavy atom. The van der Waals surface area contributed by atoms with Gasteiger partial charge in [0.05, 0.1) is 5.60 Å². The maximum atomic E-state index is 10.0. The molecule has 0 aromatic carbocycles. The molecule has 2 rings (SSSR count). The van der Waals surface area contributed by atoms with Crippen LogP contribution in [0.4, 0.5) is 11.6 Å². The molecule has 0 bridgehead atoms. The highest BCUT2D eigenvalue weighted by Crippen LogP contribution is 2.26. The molecule has 5 nitrogen and oxygen atoms in total. The molecule has 1 aliphatic rings. The molecule has 1 unspecified atom stereocenters. The highest BCUT2D eigenvalue weighted by Gasteiger charge is 2.32. The minimum Gasteiger partial charge on any atom is -0.388 e. The molecule has 2 N–H and O–H groups in total. The van der Waals surface area contributed by atoms with Gasteiger partial charge in [0.1, 0.15) is 17.5 Å². The molecule has 0 amide bonds. The van der Waals surface area contributed by atoms with E-state index in [0.717, 1.165) is 43.4 Å². The van der Waals surface area contributed by atoms with Gasteiger partial charge in [-0.15, -0.1) is 0 Å². The van der Waals surface area contributed by atoms with Gasteiger partial charge in [0.2, 0.25) is 0 Å². The van der Waals surface area contributed by atoms with Crippen molar-refractivity contribution in [3.8, 4) is 0 Å². The molecule has 1 aromatic heterocycles. The van der Waals surface area contributed by atoms with Gasteiger partial charge in [-0.3, -0.25) is 0 Å². The zero-order valence-corrected chi connectivity index (χ0v) is 11.4. The summed E-state index contributed by atoms with van der Waals surface area (Å²) in [5.41, 5.74) is -0.601. The van der Waals surface area contributed by atoms with Crippen LogP contribution in [0.1, 0.15) is 32.5 Å². The number of anilines is 2. The summed E-state index contributed by atoms with van der Waals surface area (Å²) in [5, 5.41) is 13.3. The topological polar surface area (TPSA) is 61.3 Å². The minimum absolute atomic E-state index is 0.601. The maximum absolute atomic E-state index is 10.0. The molecule has 0 saturated carbocycles. The largest absolute Gasteiger partial charge is 0.388 e. The van der Waals surface area contributed by atoms with Crippen LogP contribution in [0, 0.1) is 6.92 Å². The van der Waals surface area contributed by atoms with Gasteiger partial charge in [0.25, 0.3) is 0 Å². The van der Waals surface area contributed by atoms with Crippen LogP contribution in [0.5, 0.6) is 0 Å². The first-order chi connectivity index (χ1) is 8.50. The van der Waals surface area contributed by atoms with Gasteiger partial charge in [0.15, 0.2) is 0 Å². The monoisotopic (exact) mass is 250 g/mol. The Morgan fingerprint density at radius 1 is 1.50 bits per heavy atom. The lowest BCUT2D eigenvalue weighted by molar-refractivity contribution is 0.0839. The molecule has 1 fully saturated rings. The van der Waals surface area contributed by atoms with E-state index in [1.807, 2.05) is 19.9 Å². The van der Waals surface area contributed by atoms with Gasteiger partial charge in [0, 0.05) is 25.7 Å². The highest BCUT2D eigenvalue weighted by atomic mass is 16.3. The third-order valence-corrected chi connectivity index (χ3v) is 3.16. The Bertz CT molecular complexity index is 419. The van der Waals surface area contributed by atoms with E-state index in [2.05, 4.69) is 27.1 Å². The average molecular weight is 250 g/mol. The number of hydrogen-bond acceptors (Lipinski definition) is 5. The number of nitrogens with one attached hydrogen (secondary N) is 1. The number of aliphatic hydroxyl groups is 1. The van der Waals surface area contributed by atoms with E-state index >= 15 is 0 Å². The van der Waals surface area contributed by atoms with E-state index in [9.17, 15) is 5.11 Å². The van der Waals surface area contributed by atoms with Crippen molar-refractivity contribution in [2.24, 2.45) is 0 Å². The standard InChI is InChI=1S/C13H22N4O/c1-4-6-14-11-8-12(16-10(2)15-11)17-7-5-13(3,18)9-17/h8,18H,4-7,9H2,1-3H3,(H,14,15,16). The molecular weight excluding hydrogens is 228 g/mol. The van der Waals surface area contributed by atoms with Gasteiger partial charge >= 0.3 is 0 Å². The maximum Gasteiger partial charge on any atom is 0.134 e. The fourth-order valence-corrected chi connectivity index (χ4v) is 2.20. The average Bonchev–Trinajstić information content (AvgIpc) is 2.66. The van der Waals surface area contributed by atoms with Crippen LogP contribution in [-0.2, 0) is 0 Å². The van der Waals surface area contributed by atoms with Gasteiger partial charge in [-0.05, 0) is 26.7 Å². The molecule has 1 atom stereocenters. The van der Waals surface area contributed by atoms with E-state index < -0.39 is 5.60 Å². The molecule has 1 aliphatic heterocycles. The SMILES string of the molecule is CCCNc1cc(N2CCC(C)(O)C2)nc(C)n1. The number of rotatable bonds is 4. The van der Waals surface area contributed by atoms with E-state index in [1.165, 1.54) is 0 Å². The lowest BCUT2D eigenvalue weighted by atomic mass is 10.1. The number of nitrogens with zero attached hydrogens (tertiary/aromatic N) is 3. The molecule has 0 aliphatic carbocycles. The third kappa shape index (κ3) is 3.10. The van der Waals surface area contributed by atoms with Crippen molar-refractivity contribution in [1.29, 1.82) is 0 Å². The summed E-state index contributed by atoms with van der Waals surface area (Å²) < 4.78 is 0. The predicted molar refractivity (Wildman–Crippen MR) is 73.0 cm³/mol. The van der Waals surface area contributed by atoms with Crippen molar-refractivity contribution in [3.63, 3.8) is 0 Å². The van der Waals surface area contributed by atoms with E-state index in [1.54, 1.807) is 0 Å². The summed E-state index contributed by atoms with van der Waals surface area (Å²) in [7, 11) is 0. The number of aromatic nitrogens is 2. The summed E-state index contributed by atoms with van der Waals surface area (Å²) in [4.78, 5) is 10.9. The summed E-state index contributed by atoms with van der Waals surface area (Å²) in [6.07, 6.45) is 1.85. The molecule has 1 saturated heterocycles. The van der Waals surface area contributed by atoms with Crippen LogP contribution in [-0.4, -0.2) is 40.3 Å². The third-order valence-electron chi connectivity index (χ3n) is 3.16. The van der Waals surface area contributed by atoms with Crippen molar-refractivity contribution < 1.29 is 5.11 Å². The second kappa shape index (κ2) is 5.10. The van der Waals surface area contributed by atoms with E-state index in [0.29, 0.717) is 6.54 Å². The van der Waals surface area contributed by atoms with E-state index in [-0.39, 0.29) is 0 Å². The van der Waals surface area contributed by atoms with Crippen LogP contribution in [0.2, 0.25) is 0 Å². The zero-order valence-electron chi connectivity index (χ0n) is 11.4. The molecule has 0 radical (unpaired) electrons. The van der Waals surface area contributed by atoms with Crippen molar-refractivity contribution in [1.82, 2.24) is 9.97 Å². The van der Waals surface area contributed by atoms with Gasteiger partial charge in [-0.1, -0.05) is 6.92 Å². The first-order valence-electron chi connectivity index (χ1n) is 6.57. The first-order valence-corrected chi connectivity index (χ1v) is 6.57. The Morgan fingerprint density at radius 3 is 2.89 bits per heavy atom. The fourth-order valence-electron chi connectivity index (χ4n) is 2.20. The minimum atomic E-state index is -0.601. The van der Waals surface area contributed by atoms with Crippen LogP contribution in [0.25, 0.3) is 0 Å². The highest BCUT2D eigenvalue weighted by molar-refractivity contribution is 5.50. The second-order valence-corrected chi connectivity index (χ2v) is 5.25. The number of β-amino-alcohol motifs (C(OH)–C–C–N with tert-alkyl or cyclic N) is 1. The predicted octanol–water partition coefficient (Wildman–Crippen LogP) is 1.57. The van der Waals surface area contributed by atoms with Crippen LogP contribution >= 0.6 is 0 Å².